The minimum absolute atomic E-state index is 0.196. The molecule has 162 valence electrons. The van der Waals surface area contributed by atoms with Crippen LogP contribution in [-0.4, -0.2) is 66.1 Å². The van der Waals surface area contributed by atoms with Crippen LogP contribution in [-0.2, 0) is 4.74 Å². The number of alkyl halides is 2. The third-order valence-electron chi connectivity index (χ3n) is 5.22. The van der Waals surface area contributed by atoms with E-state index < -0.39 is 6.55 Å². The lowest BCUT2D eigenvalue weighted by atomic mass is 10.0. The fraction of sp³-hybridized carbons (Fsp3) is 0.526. The Balaban J connectivity index is 1.55. The molecule has 7 nitrogen and oxygen atoms in total. The zero-order valence-electron chi connectivity index (χ0n) is 16.3. The monoisotopic (exact) mass is 454 g/mol. The van der Waals surface area contributed by atoms with Gasteiger partial charge in [-0.05, 0) is 12.8 Å². The molecule has 0 aliphatic carbocycles. The van der Waals surface area contributed by atoms with Crippen molar-refractivity contribution in [2.24, 2.45) is 4.99 Å². The van der Waals surface area contributed by atoms with Gasteiger partial charge in [0.15, 0.2) is 10.8 Å². The van der Waals surface area contributed by atoms with Gasteiger partial charge in [-0.1, -0.05) is 11.9 Å². The number of rotatable bonds is 8. The zero-order valence-corrected chi connectivity index (χ0v) is 17.9. The van der Waals surface area contributed by atoms with E-state index in [1.165, 1.54) is 17.5 Å². The predicted molar refractivity (Wildman–Crippen MR) is 116 cm³/mol. The van der Waals surface area contributed by atoms with Gasteiger partial charge in [0.2, 0.25) is 0 Å². The van der Waals surface area contributed by atoms with Crippen molar-refractivity contribution in [1.29, 1.82) is 5.41 Å². The Kier molecular flexibility index (Phi) is 7.13. The minimum atomic E-state index is -2.67. The number of aromatic nitrogens is 1. The van der Waals surface area contributed by atoms with E-state index in [0.717, 1.165) is 67.3 Å². The molecule has 3 aliphatic heterocycles. The van der Waals surface area contributed by atoms with Crippen molar-refractivity contribution in [1.82, 2.24) is 19.9 Å². The number of thiazole rings is 1. The Morgan fingerprint density at radius 1 is 1.40 bits per heavy atom. The summed E-state index contributed by atoms with van der Waals surface area (Å²) in [6.45, 7) is -0.00447. The van der Waals surface area contributed by atoms with Crippen molar-refractivity contribution in [3.8, 4) is 0 Å². The van der Waals surface area contributed by atoms with Crippen LogP contribution >= 0.6 is 23.3 Å². The Morgan fingerprint density at radius 2 is 2.23 bits per heavy atom. The molecule has 30 heavy (non-hydrogen) atoms. The summed E-state index contributed by atoms with van der Waals surface area (Å²) in [4.78, 5) is 11.2. The molecule has 0 saturated carbocycles. The lowest BCUT2D eigenvalue weighted by Gasteiger charge is -2.28. The number of ether oxygens (including phenoxy) is 1. The van der Waals surface area contributed by atoms with Crippen molar-refractivity contribution >= 4 is 35.3 Å². The fourth-order valence-corrected chi connectivity index (χ4v) is 5.40. The number of hydrogen-bond acceptors (Lipinski definition) is 9. The third kappa shape index (κ3) is 4.90. The number of fused-ring (bicyclic) bond motifs is 1. The van der Waals surface area contributed by atoms with Crippen LogP contribution in [0.4, 0.5) is 8.78 Å². The van der Waals surface area contributed by atoms with Crippen LogP contribution < -0.4 is 10.0 Å². The van der Waals surface area contributed by atoms with Crippen LogP contribution in [0, 0.1) is 5.41 Å². The molecule has 4 heterocycles. The van der Waals surface area contributed by atoms with Gasteiger partial charge in [0, 0.05) is 78.3 Å². The second kappa shape index (κ2) is 9.99. The van der Waals surface area contributed by atoms with Crippen LogP contribution in [0.2, 0.25) is 0 Å². The third-order valence-corrected chi connectivity index (χ3v) is 7.26. The van der Waals surface area contributed by atoms with Gasteiger partial charge in [0.05, 0.1) is 6.54 Å². The summed E-state index contributed by atoms with van der Waals surface area (Å²) in [5.74, 6) is 0.815. The van der Waals surface area contributed by atoms with Crippen LogP contribution in [0.5, 0.6) is 0 Å². The van der Waals surface area contributed by atoms with Gasteiger partial charge in [0.25, 0.3) is 0 Å². The van der Waals surface area contributed by atoms with Crippen molar-refractivity contribution in [3.05, 3.63) is 39.6 Å². The summed E-state index contributed by atoms with van der Waals surface area (Å²) < 4.78 is 34.3. The van der Waals surface area contributed by atoms with Gasteiger partial charge >= 0.3 is 6.55 Å². The van der Waals surface area contributed by atoms with E-state index in [2.05, 4.69) is 14.6 Å². The standard InChI is InChI=1S/C19H24F2N6OS2/c20-19(21)25-9-12(8-22)15-10-24-17(18-23-3-6-29-18)27-11-13(7-16(15)27)26-30-14-1-4-28-5-2-14/h3,6,8-9,13-14,19,22,25-26H,1-2,4-5,7,10-11H2/b12-9+,22-8?. The highest BCUT2D eigenvalue weighted by atomic mass is 32.2. The van der Waals surface area contributed by atoms with E-state index in [9.17, 15) is 8.78 Å². The maximum atomic E-state index is 12.6. The number of amidine groups is 1. The maximum Gasteiger partial charge on any atom is 0.312 e. The molecule has 0 bridgehead atoms. The lowest BCUT2D eigenvalue weighted by Crippen LogP contribution is -2.36. The van der Waals surface area contributed by atoms with Crippen LogP contribution in [0.15, 0.2) is 39.6 Å². The smallest absolute Gasteiger partial charge is 0.312 e. The van der Waals surface area contributed by atoms with Crippen molar-refractivity contribution in [2.45, 2.75) is 37.1 Å². The Morgan fingerprint density at radius 3 is 2.93 bits per heavy atom. The van der Waals surface area contributed by atoms with Crippen molar-refractivity contribution in [2.75, 3.05) is 26.3 Å². The van der Waals surface area contributed by atoms with E-state index in [-0.39, 0.29) is 6.04 Å². The lowest BCUT2D eigenvalue weighted by molar-refractivity contribution is 0.0999. The highest BCUT2D eigenvalue weighted by Gasteiger charge is 2.36. The van der Waals surface area contributed by atoms with E-state index in [0.29, 0.717) is 17.4 Å². The topological polar surface area (TPSA) is 85.6 Å². The van der Waals surface area contributed by atoms with Gasteiger partial charge in [-0.25, -0.2) is 4.98 Å². The first-order chi connectivity index (χ1) is 14.7. The quantitative estimate of drug-likeness (QED) is 0.318. The molecule has 1 aromatic heterocycles. The van der Waals surface area contributed by atoms with E-state index in [1.807, 2.05) is 10.7 Å². The average molecular weight is 455 g/mol. The van der Waals surface area contributed by atoms with Gasteiger partial charge in [0.1, 0.15) is 0 Å². The van der Waals surface area contributed by atoms with E-state index in [1.54, 1.807) is 18.1 Å². The fourth-order valence-electron chi connectivity index (χ4n) is 3.78. The second-order valence-electron chi connectivity index (χ2n) is 7.17. The molecule has 3 aliphatic rings. The minimum Gasteiger partial charge on any atom is -0.381 e. The molecular formula is C19H24F2N6OS2. The molecule has 2 fully saturated rings. The average Bonchev–Trinajstić information content (AvgIpc) is 3.43. The molecule has 0 amide bonds. The van der Waals surface area contributed by atoms with Gasteiger partial charge in [-0.2, -0.15) is 8.78 Å². The molecule has 0 radical (unpaired) electrons. The number of nitrogens with zero attached hydrogens (tertiary/aromatic N) is 3. The number of halogens is 2. The van der Waals surface area contributed by atoms with Crippen LogP contribution in [0.3, 0.4) is 0 Å². The SMILES string of the molecule is N=C/C(=C\NC(F)F)C1=C2CC(NSC3CCOCC3)CN2C(c2nccs2)=NC1. The predicted octanol–water partition coefficient (Wildman–Crippen LogP) is 2.99. The maximum absolute atomic E-state index is 12.6. The van der Waals surface area contributed by atoms with Crippen molar-refractivity contribution < 1.29 is 13.5 Å². The summed E-state index contributed by atoms with van der Waals surface area (Å²) >= 11 is 3.29. The summed E-state index contributed by atoms with van der Waals surface area (Å²) in [5, 5.41) is 13.0. The Labute approximate surface area is 182 Å². The molecule has 0 aromatic carbocycles. The summed E-state index contributed by atoms with van der Waals surface area (Å²) in [7, 11) is 0. The highest BCUT2D eigenvalue weighted by molar-refractivity contribution is 7.98. The summed E-state index contributed by atoms with van der Waals surface area (Å²) in [6.07, 6.45) is 6.89. The zero-order chi connectivity index (χ0) is 20.9. The number of aliphatic imine (C=N–C) groups is 1. The van der Waals surface area contributed by atoms with Crippen LogP contribution in [0.1, 0.15) is 24.3 Å². The Bertz CT molecular complexity index is 836. The largest absolute Gasteiger partial charge is 0.381 e. The first kappa shape index (κ1) is 21.4. The van der Waals surface area contributed by atoms with E-state index in [4.69, 9.17) is 15.1 Å². The Hall–Kier alpha value is -1.82. The van der Waals surface area contributed by atoms with Crippen molar-refractivity contribution in [3.63, 3.8) is 0 Å². The van der Waals surface area contributed by atoms with Gasteiger partial charge in [-0.3, -0.25) is 9.71 Å². The normalized spacial score (nSPS) is 23.0. The van der Waals surface area contributed by atoms with Crippen LogP contribution in [0.25, 0.3) is 0 Å². The van der Waals surface area contributed by atoms with Gasteiger partial charge in [-0.15, -0.1) is 11.3 Å². The molecule has 1 aromatic rings. The van der Waals surface area contributed by atoms with E-state index >= 15 is 0 Å². The molecule has 1 unspecified atom stereocenters. The number of nitrogens with one attached hydrogen (secondary N) is 3. The number of hydrogen-bond donors (Lipinski definition) is 3. The molecular weight excluding hydrogens is 430 g/mol. The molecule has 3 N–H and O–H groups in total. The molecule has 2 saturated heterocycles. The first-order valence-corrected chi connectivity index (χ1v) is 11.6. The molecule has 4 rings (SSSR count). The highest BCUT2D eigenvalue weighted by Crippen LogP contribution is 2.34. The second-order valence-corrected chi connectivity index (χ2v) is 9.21. The summed E-state index contributed by atoms with van der Waals surface area (Å²) in [6, 6.07) is 0.196. The molecule has 0 spiro atoms. The molecule has 11 heteroatoms. The summed E-state index contributed by atoms with van der Waals surface area (Å²) in [5.41, 5.74) is 2.25. The first-order valence-electron chi connectivity index (χ1n) is 9.83. The molecule has 1 atom stereocenters. The van der Waals surface area contributed by atoms with Gasteiger partial charge < -0.3 is 20.4 Å².